The average molecular weight is 173 g/mol. The fourth-order valence-electron chi connectivity index (χ4n) is 1.84. The highest BCUT2D eigenvalue weighted by Crippen LogP contribution is 2.39. The van der Waals surface area contributed by atoms with Gasteiger partial charge in [0.15, 0.2) is 0 Å². The van der Waals surface area contributed by atoms with Crippen LogP contribution in [0.4, 0.5) is 0 Å². The molecule has 1 aliphatic carbocycles. The van der Waals surface area contributed by atoms with Crippen molar-refractivity contribution in [2.75, 3.05) is 0 Å². The Morgan fingerprint density at radius 2 is 2.08 bits per heavy atom. The van der Waals surface area contributed by atoms with Crippen LogP contribution in [0.25, 0.3) is 10.9 Å². The van der Waals surface area contributed by atoms with Gasteiger partial charge in [0, 0.05) is 17.6 Å². The van der Waals surface area contributed by atoms with Crippen LogP contribution in [0.5, 0.6) is 5.75 Å². The summed E-state index contributed by atoms with van der Waals surface area (Å²) < 4.78 is 2.26. The number of rotatable bonds is 1. The molecule has 13 heavy (non-hydrogen) atoms. The van der Waals surface area contributed by atoms with Crippen LogP contribution in [0.2, 0.25) is 0 Å². The average Bonchev–Trinajstić information content (AvgIpc) is 2.87. The smallest absolute Gasteiger partial charge is 0.124 e. The number of benzene rings is 1. The Bertz CT molecular complexity index is 454. The lowest BCUT2D eigenvalue weighted by molar-refractivity contribution is 0.481. The molecule has 1 saturated carbocycles. The van der Waals surface area contributed by atoms with E-state index in [-0.39, 0.29) is 0 Å². The van der Waals surface area contributed by atoms with Crippen LogP contribution in [0.3, 0.4) is 0 Å². The van der Waals surface area contributed by atoms with Gasteiger partial charge in [0.1, 0.15) is 5.75 Å². The monoisotopic (exact) mass is 173 g/mol. The molecule has 1 fully saturated rings. The topological polar surface area (TPSA) is 25.2 Å². The van der Waals surface area contributed by atoms with E-state index in [4.69, 9.17) is 0 Å². The maximum Gasteiger partial charge on any atom is 0.124 e. The quantitative estimate of drug-likeness (QED) is 0.704. The summed E-state index contributed by atoms with van der Waals surface area (Å²) in [6.07, 6.45) is 4.63. The van der Waals surface area contributed by atoms with Crippen molar-refractivity contribution in [3.05, 3.63) is 30.5 Å². The Labute approximate surface area is 76.4 Å². The van der Waals surface area contributed by atoms with Gasteiger partial charge in [0.05, 0.1) is 5.52 Å². The van der Waals surface area contributed by atoms with E-state index in [1.54, 1.807) is 6.07 Å². The van der Waals surface area contributed by atoms with Gasteiger partial charge in [0.2, 0.25) is 0 Å². The van der Waals surface area contributed by atoms with Crippen molar-refractivity contribution >= 4 is 10.9 Å². The molecular formula is C11H11NO. The van der Waals surface area contributed by atoms with E-state index in [0.29, 0.717) is 11.8 Å². The molecule has 0 atom stereocenters. The van der Waals surface area contributed by atoms with Crippen molar-refractivity contribution < 1.29 is 5.11 Å². The van der Waals surface area contributed by atoms with E-state index in [1.165, 1.54) is 12.8 Å². The summed E-state index contributed by atoms with van der Waals surface area (Å²) in [5, 5.41) is 10.5. The zero-order valence-corrected chi connectivity index (χ0v) is 7.27. The van der Waals surface area contributed by atoms with Gasteiger partial charge >= 0.3 is 0 Å². The molecule has 0 saturated heterocycles. The van der Waals surface area contributed by atoms with Crippen molar-refractivity contribution in [3.63, 3.8) is 0 Å². The highest BCUT2D eigenvalue weighted by Gasteiger charge is 2.24. The van der Waals surface area contributed by atoms with E-state index in [1.807, 2.05) is 12.1 Å². The molecule has 3 rings (SSSR count). The Hall–Kier alpha value is -1.44. The Morgan fingerprint density at radius 1 is 1.23 bits per heavy atom. The van der Waals surface area contributed by atoms with Gasteiger partial charge in [0.25, 0.3) is 0 Å². The fourth-order valence-corrected chi connectivity index (χ4v) is 1.84. The van der Waals surface area contributed by atoms with Gasteiger partial charge in [-0.25, -0.2) is 0 Å². The number of hydrogen-bond acceptors (Lipinski definition) is 1. The first kappa shape index (κ1) is 7.01. The number of phenols is 1. The summed E-state index contributed by atoms with van der Waals surface area (Å²) in [5.74, 6) is 0.386. The largest absolute Gasteiger partial charge is 0.507 e. The summed E-state index contributed by atoms with van der Waals surface area (Å²) >= 11 is 0. The third-order valence-corrected chi connectivity index (χ3v) is 2.68. The Kier molecular flexibility index (Phi) is 1.23. The van der Waals surface area contributed by atoms with Crippen LogP contribution >= 0.6 is 0 Å². The number of aromatic hydroxyl groups is 1. The summed E-state index contributed by atoms with van der Waals surface area (Å²) in [7, 11) is 0. The number of aromatic nitrogens is 1. The minimum absolute atomic E-state index is 0.386. The number of nitrogens with zero attached hydrogens (tertiary/aromatic N) is 1. The molecule has 66 valence electrons. The summed E-state index contributed by atoms with van der Waals surface area (Å²) in [5.41, 5.74) is 1.16. The molecule has 0 aliphatic heterocycles. The molecule has 1 N–H and O–H groups in total. The number of phenolic OH excluding ortho intramolecular Hbond substituents is 1. The third kappa shape index (κ3) is 0.949. The zero-order valence-electron chi connectivity index (χ0n) is 7.27. The first-order chi connectivity index (χ1) is 6.36. The molecule has 0 bridgehead atoms. The van der Waals surface area contributed by atoms with Gasteiger partial charge in [-0.2, -0.15) is 0 Å². The lowest BCUT2D eigenvalue weighted by atomic mass is 10.2. The van der Waals surface area contributed by atoms with E-state index in [0.717, 1.165) is 10.9 Å². The van der Waals surface area contributed by atoms with E-state index in [9.17, 15) is 5.11 Å². The van der Waals surface area contributed by atoms with Crippen LogP contribution in [0, 0.1) is 0 Å². The predicted molar refractivity (Wildman–Crippen MR) is 51.9 cm³/mol. The third-order valence-electron chi connectivity index (χ3n) is 2.68. The van der Waals surface area contributed by atoms with Crippen LogP contribution in [-0.4, -0.2) is 9.67 Å². The van der Waals surface area contributed by atoms with Crippen LogP contribution in [0.1, 0.15) is 18.9 Å². The molecule has 2 aromatic rings. The van der Waals surface area contributed by atoms with Gasteiger partial charge < -0.3 is 9.67 Å². The maximum absolute atomic E-state index is 9.57. The molecule has 0 amide bonds. The first-order valence-corrected chi connectivity index (χ1v) is 4.65. The van der Waals surface area contributed by atoms with Crippen molar-refractivity contribution in [1.29, 1.82) is 0 Å². The SMILES string of the molecule is Oc1cccc2c1ccn2C1CC1. The van der Waals surface area contributed by atoms with Gasteiger partial charge in [-0.05, 0) is 31.0 Å². The first-order valence-electron chi connectivity index (χ1n) is 4.65. The van der Waals surface area contributed by atoms with Gasteiger partial charge in [-0.3, -0.25) is 0 Å². The van der Waals surface area contributed by atoms with Crippen molar-refractivity contribution in [3.8, 4) is 5.75 Å². The molecule has 1 heterocycles. The van der Waals surface area contributed by atoms with Gasteiger partial charge in [-0.1, -0.05) is 6.07 Å². The molecule has 0 spiro atoms. The van der Waals surface area contributed by atoms with E-state index in [2.05, 4.69) is 16.8 Å². The van der Waals surface area contributed by atoms with Crippen molar-refractivity contribution in [2.24, 2.45) is 0 Å². The van der Waals surface area contributed by atoms with Crippen LogP contribution < -0.4 is 0 Å². The summed E-state index contributed by atoms with van der Waals surface area (Å²) in [6.45, 7) is 0. The molecule has 2 heteroatoms. The Morgan fingerprint density at radius 3 is 2.85 bits per heavy atom. The van der Waals surface area contributed by atoms with E-state index >= 15 is 0 Å². The van der Waals surface area contributed by atoms with Crippen molar-refractivity contribution in [2.45, 2.75) is 18.9 Å². The summed E-state index contributed by atoms with van der Waals surface area (Å²) in [6, 6.07) is 8.37. The Balaban J connectivity index is 2.32. The second-order valence-corrected chi connectivity index (χ2v) is 3.66. The number of hydrogen-bond donors (Lipinski definition) is 1. The molecule has 0 radical (unpaired) electrons. The molecule has 1 aromatic heterocycles. The summed E-state index contributed by atoms with van der Waals surface area (Å²) in [4.78, 5) is 0. The second kappa shape index (κ2) is 2.28. The minimum Gasteiger partial charge on any atom is -0.507 e. The normalized spacial score (nSPS) is 16.6. The number of fused-ring (bicyclic) bond motifs is 1. The highest BCUT2D eigenvalue weighted by atomic mass is 16.3. The van der Waals surface area contributed by atoms with Crippen molar-refractivity contribution in [1.82, 2.24) is 4.57 Å². The molecular weight excluding hydrogens is 162 g/mol. The lowest BCUT2D eigenvalue weighted by Gasteiger charge is -2.01. The van der Waals surface area contributed by atoms with Crippen LogP contribution in [0.15, 0.2) is 30.5 Å². The lowest BCUT2D eigenvalue weighted by Crippen LogP contribution is -1.89. The minimum atomic E-state index is 0.386. The zero-order chi connectivity index (χ0) is 8.84. The highest BCUT2D eigenvalue weighted by molar-refractivity contribution is 5.86. The predicted octanol–water partition coefficient (Wildman–Crippen LogP) is 2.68. The standard InChI is InChI=1S/C11H11NO/c13-11-3-1-2-10-9(11)6-7-12(10)8-4-5-8/h1-3,6-8,13H,4-5H2. The van der Waals surface area contributed by atoms with E-state index < -0.39 is 0 Å². The molecule has 2 nitrogen and oxygen atoms in total. The molecule has 1 aromatic carbocycles. The fraction of sp³-hybridized carbons (Fsp3) is 0.273. The second-order valence-electron chi connectivity index (χ2n) is 3.66. The molecule has 0 unspecified atom stereocenters. The van der Waals surface area contributed by atoms with Crippen LogP contribution in [-0.2, 0) is 0 Å². The molecule has 1 aliphatic rings. The van der Waals surface area contributed by atoms with Gasteiger partial charge in [-0.15, -0.1) is 0 Å². The maximum atomic E-state index is 9.57.